The van der Waals surface area contributed by atoms with E-state index in [-0.39, 0.29) is 0 Å². The highest BCUT2D eigenvalue weighted by atomic mass is 16.5. The predicted octanol–water partition coefficient (Wildman–Crippen LogP) is 2.37. The maximum absolute atomic E-state index is 9.74. The molecule has 1 aromatic rings. The Labute approximate surface area is 85.5 Å². The summed E-state index contributed by atoms with van der Waals surface area (Å²) in [6.45, 7) is 7.05. The molecule has 0 spiro atoms. The number of aliphatic hydroxyl groups excluding tert-OH is 1. The summed E-state index contributed by atoms with van der Waals surface area (Å²) in [6, 6.07) is 5.99. The number of aryl methyl sites for hydroxylation is 2. The van der Waals surface area contributed by atoms with Crippen molar-refractivity contribution in [2.24, 2.45) is 0 Å². The smallest absolute Gasteiger partial charge is 0.102 e. The lowest BCUT2D eigenvalue weighted by molar-refractivity contribution is 0.0420. The van der Waals surface area contributed by atoms with Gasteiger partial charge >= 0.3 is 0 Å². The van der Waals surface area contributed by atoms with Gasteiger partial charge in [-0.1, -0.05) is 18.2 Å². The fourth-order valence-electron chi connectivity index (χ4n) is 1.30. The third-order valence-corrected chi connectivity index (χ3v) is 2.40. The number of ether oxygens (including phenoxy) is 1. The van der Waals surface area contributed by atoms with Crippen LogP contribution in [0.3, 0.4) is 0 Å². The maximum Gasteiger partial charge on any atom is 0.102 e. The minimum Gasteiger partial charge on any atom is -0.386 e. The van der Waals surface area contributed by atoms with Gasteiger partial charge in [0.25, 0.3) is 0 Å². The third-order valence-electron chi connectivity index (χ3n) is 2.40. The van der Waals surface area contributed by atoms with Gasteiger partial charge in [-0.05, 0) is 37.5 Å². The molecule has 0 bridgehead atoms. The zero-order valence-corrected chi connectivity index (χ0v) is 9.08. The second kappa shape index (κ2) is 5.13. The van der Waals surface area contributed by atoms with E-state index in [1.807, 2.05) is 32.0 Å². The largest absolute Gasteiger partial charge is 0.386 e. The molecule has 0 aromatic heterocycles. The molecule has 1 unspecified atom stereocenters. The summed E-state index contributed by atoms with van der Waals surface area (Å²) in [5, 5.41) is 9.74. The van der Waals surface area contributed by atoms with Gasteiger partial charge in [-0.25, -0.2) is 0 Å². The molecule has 2 heteroatoms. The van der Waals surface area contributed by atoms with E-state index in [1.54, 1.807) is 0 Å². The Morgan fingerprint density at radius 3 is 2.57 bits per heavy atom. The third kappa shape index (κ3) is 2.82. The molecule has 1 aromatic carbocycles. The molecule has 78 valence electrons. The second-order valence-corrected chi connectivity index (χ2v) is 3.52. The summed E-state index contributed by atoms with van der Waals surface area (Å²) in [5.74, 6) is 0. The van der Waals surface area contributed by atoms with Crippen LogP contribution in [0.2, 0.25) is 0 Å². The second-order valence-electron chi connectivity index (χ2n) is 3.52. The summed E-state index contributed by atoms with van der Waals surface area (Å²) in [7, 11) is 0. The summed E-state index contributed by atoms with van der Waals surface area (Å²) < 4.78 is 5.17. The minimum absolute atomic E-state index is 0.374. The molecule has 1 rings (SSSR count). The van der Waals surface area contributed by atoms with Crippen molar-refractivity contribution >= 4 is 0 Å². The molecule has 0 amide bonds. The Morgan fingerprint density at radius 2 is 2.00 bits per heavy atom. The molecule has 0 saturated carbocycles. The predicted molar refractivity (Wildman–Crippen MR) is 57.4 cm³/mol. The van der Waals surface area contributed by atoms with Gasteiger partial charge in [0.15, 0.2) is 0 Å². The monoisotopic (exact) mass is 194 g/mol. The van der Waals surface area contributed by atoms with Gasteiger partial charge in [0.2, 0.25) is 0 Å². The SMILES string of the molecule is CCOCC(O)c1ccc(C)c(C)c1. The zero-order chi connectivity index (χ0) is 10.6. The Morgan fingerprint density at radius 1 is 1.29 bits per heavy atom. The van der Waals surface area contributed by atoms with E-state index in [2.05, 4.69) is 6.92 Å². The summed E-state index contributed by atoms with van der Waals surface area (Å²) in [5.41, 5.74) is 3.39. The first-order valence-corrected chi connectivity index (χ1v) is 4.98. The van der Waals surface area contributed by atoms with Crippen LogP contribution in [-0.2, 0) is 4.74 Å². The first kappa shape index (κ1) is 11.2. The fourth-order valence-corrected chi connectivity index (χ4v) is 1.30. The maximum atomic E-state index is 9.74. The van der Waals surface area contributed by atoms with E-state index in [4.69, 9.17) is 4.74 Å². The number of rotatable bonds is 4. The van der Waals surface area contributed by atoms with Crippen molar-refractivity contribution in [1.82, 2.24) is 0 Å². The van der Waals surface area contributed by atoms with Crippen LogP contribution >= 0.6 is 0 Å². The normalized spacial score (nSPS) is 12.9. The van der Waals surface area contributed by atoms with Crippen molar-refractivity contribution in [3.05, 3.63) is 34.9 Å². The standard InChI is InChI=1S/C12H18O2/c1-4-14-8-12(13)11-6-5-9(2)10(3)7-11/h5-7,12-13H,4,8H2,1-3H3. The number of benzene rings is 1. The highest BCUT2D eigenvalue weighted by Gasteiger charge is 2.07. The van der Waals surface area contributed by atoms with E-state index in [1.165, 1.54) is 11.1 Å². The molecule has 0 saturated heterocycles. The van der Waals surface area contributed by atoms with Crippen molar-refractivity contribution in [1.29, 1.82) is 0 Å². The Bertz CT molecular complexity index is 294. The lowest BCUT2D eigenvalue weighted by Gasteiger charge is -2.12. The van der Waals surface area contributed by atoms with Gasteiger partial charge in [-0.3, -0.25) is 0 Å². The molecule has 14 heavy (non-hydrogen) atoms. The summed E-state index contributed by atoms with van der Waals surface area (Å²) >= 11 is 0. The van der Waals surface area contributed by atoms with Crippen LogP contribution < -0.4 is 0 Å². The molecule has 1 atom stereocenters. The Balaban J connectivity index is 2.70. The van der Waals surface area contributed by atoms with Gasteiger partial charge in [0.1, 0.15) is 6.10 Å². The molecule has 1 N–H and O–H groups in total. The Kier molecular flexibility index (Phi) is 4.11. The van der Waals surface area contributed by atoms with E-state index in [9.17, 15) is 5.11 Å². The minimum atomic E-state index is -0.505. The van der Waals surface area contributed by atoms with Gasteiger partial charge < -0.3 is 9.84 Å². The molecule has 0 radical (unpaired) electrons. The van der Waals surface area contributed by atoms with E-state index in [0.717, 1.165) is 5.56 Å². The molecule has 2 nitrogen and oxygen atoms in total. The fraction of sp³-hybridized carbons (Fsp3) is 0.500. The van der Waals surface area contributed by atoms with Crippen molar-refractivity contribution < 1.29 is 9.84 Å². The lowest BCUT2D eigenvalue weighted by Crippen LogP contribution is -2.07. The van der Waals surface area contributed by atoms with E-state index in [0.29, 0.717) is 13.2 Å². The van der Waals surface area contributed by atoms with Crippen molar-refractivity contribution in [3.63, 3.8) is 0 Å². The van der Waals surface area contributed by atoms with Crippen LogP contribution in [0, 0.1) is 13.8 Å². The highest BCUT2D eigenvalue weighted by Crippen LogP contribution is 2.17. The average molecular weight is 194 g/mol. The highest BCUT2D eigenvalue weighted by molar-refractivity contribution is 5.31. The topological polar surface area (TPSA) is 29.5 Å². The van der Waals surface area contributed by atoms with Gasteiger partial charge in [-0.15, -0.1) is 0 Å². The number of aliphatic hydroxyl groups is 1. The first-order valence-electron chi connectivity index (χ1n) is 4.98. The van der Waals surface area contributed by atoms with Crippen LogP contribution in [0.5, 0.6) is 0 Å². The van der Waals surface area contributed by atoms with Gasteiger partial charge in [0, 0.05) is 6.61 Å². The van der Waals surface area contributed by atoms with Crippen LogP contribution in [0.25, 0.3) is 0 Å². The molecule has 0 fully saturated rings. The summed E-state index contributed by atoms with van der Waals surface area (Å²) in [6.07, 6.45) is -0.505. The molecule has 0 aliphatic heterocycles. The average Bonchev–Trinajstić information content (AvgIpc) is 2.18. The molecular weight excluding hydrogens is 176 g/mol. The number of hydrogen-bond acceptors (Lipinski definition) is 2. The van der Waals surface area contributed by atoms with Crippen LogP contribution in [-0.4, -0.2) is 18.3 Å². The van der Waals surface area contributed by atoms with E-state index < -0.39 is 6.10 Å². The molecule has 0 aliphatic rings. The van der Waals surface area contributed by atoms with Crippen LogP contribution in [0.1, 0.15) is 29.7 Å². The molecular formula is C12H18O2. The van der Waals surface area contributed by atoms with Gasteiger partial charge in [-0.2, -0.15) is 0 Å². The van der Waals surface area contributed by atoms with E-state index >= 15 is 0 Å². The molecule has 0 heterocycles. The lowest BCUT2D eigenvalue weighted by atomic mass is 10.0. The molecule has 0 aliphatic carbocycles. The first-order chi connectivity index (χ1) is 6.65. The van der Waals surface area contributed by atoms with Crippen molar-refractivity contribution in [3.8, 4) is 0 Å². The van der Waals surface area contributed by atoms with Crippen LogP contribution in [0.4, 0.5) is 0 Å². The van der Waals surface area contributed by atoms with Crippen molar-refractivity contribution in [2.75, 3.05) is 13.2 Å². The quantitative estimate of drug-likeness (QED) is 0.797. The Hall–Kier alpha value is -0.860. The zero-order valence-electron chi connectivity index (χ0n) is 9.08. The van der Waals surface area contributed by atoms with Gasteiger partial charge in [0.05, 0.1) is 6.61 Å². The summed E-state index contributed by atoms with van der Waals surface area (Å²) in [4.78, 5) is 0. The van der Waals surface area contributed by atoms with Crippen molar-refractivity contribution in [2.45, 2.75) is 26.9 Å². The van der Waals surface area contributed by atoms with Crippen LogP contribution in [0.15, 0.2) is 18.2 Å². The number of hydrogen-bond donors (Lipinski definition) is 1.